The number of sulfonamides is 1. The van der Waals surface area contributed by atoms with Crippen molar-refractivity contribution in [1.29, 1.82) is 0 Å². The maximum Gasteiger partial charge on any atom is 0.243 e. The molecule has 2 aromatic rings. The number of benzene rings is 1. The number of thiazole rings is 1. The van der Waals surface area contributed by atoms with Crippen molar-refractivity contribution >= 4 is 32.4 Å². The highest BCUT2D eigenvalue weighted by molar-refractivity contribution is 7.89. The van der Waals surface area contributed by atoms with E-state index in [0.717, 1.165) is 11.3 Å². The van der Waals surface area contributed by atoms with Gasteiger partial charge in [-0.25, -0.2) is 13.4 Å². The van der Waals surface area contributed by atoms with Gasteiger partial charge in [0.15, 0.2) is 5.13 Å². The van der Waals surface area contributed by atoms with Crippen LogP contribution in [0.25, 0.3) is 0 Å². The van der Waals surface area contributed by atoms with E-state index in [9.17, 15) is 13.2 Å². The molecule has 8 heteroatoms. The summed E-state index contributed by atoms with van der Waals surface area (Å²) < 4.78 is 27.3. The minimum atomic E-state index is -3.79. The summed E-state index contributed by atoms with van der Waals surface area (Å²) in [7, 11) is -3.79. The van der Waals surface area contributed by atoms with Crippen LogP contribution in [0.1, 0.15) is 45.9 Å². The normalized spacial score (nSPS) is 12.6. The minimum Gasteiger partial charge on any atom is -0.301 e. The average Bonchev–Trinajstić information content (AvgIpc) is 2.96. The quantitative estimate of drug-likeness (QED) is 0.787. The molecular weight excluding hydrogens is 382 g/mol. The number of amides is 1. The van der Waals surface area contributed by atoms with Gasteiger partial charge in [-0.15, -0.1) is 11.3 Å². The van der Waals surface area contributed by atoms with Gasteiger partial charge in [-0.2, -0.15) is 4.31 Å². The summed E-state index contributed by atoms with van der Waals surface area (Å²) in [5.41, 5.74) is 1.79. The van der Waals surface area contributed by atoms with Crippen molar-refractivity contribution in [3.05, 3.63) is 40.9 Å². The van der Waals surface area contributed by atoms with Crippen LogP contribution in [0.15, 0.2) is 34.5 Å². The van der Waals surface area contributed by atoms with E-state index in [1.165, 1.54) is 15.6 Å². The minimum absolute atomic E-state index is 0.0637. The van der Waals surface area contributed by atoms with E-state index < -0.39 is 15.9 Å². The maximum atomic E-state index is 13.1. The fourth-order valence-electron chi connectivity index (χ4n) is 2.52. The molecule has 0 aliphatic rings. The molecule has 0 saturated carbocycles. The molecule has 0 aliphatic carbocycles. The number of aromatic nitrogens is 1. The predicted octanol–water partition coefficient (Wildman–Crippen LogP) is 3.79. The highest BCUT2D eigenvalue weighted by atomic mass is 32.2. The van der Waals surface area contributed by atoms with E-state index in [4.69, 9.17) is 0 Å². The molecule has 27 heavy (non-hydrogen) atoms. The van der Waals surface area contributed by atoms with Crippen LogP contribution in [0.5, 0.6) is 0 Å². The second kappa shape index (κ2) is 8.08. The number of carbonyl (C=O) groups is 1. The SMILES string of the molecule is Cc1csc(NC(=O)CN(C(C)C)S(=O)(=O)c2ccc(C(C)(C)C)cc2)n1. The lowest BCUT2D eigenvalue weighted by molar-refractivity contribution is -0.116. The van der Waals surface area contributed by atoms with E-state index >= 15 is 0 Å². The molecule has 0 spiro atoms. The Labute approximate surface area is 165 Å². The van der Waals surface area contributed by atoms with Gasteiger partial charge in [-0.3, -0.25) is 4.79 Å². The smallest absolute Gasteiger partial charge is 0.243 e. The van der Waals surface area contributed by atoms with Crippen LogP contribution < -0.4 is 5.32 Å². The molecule has 0 bridgehead atoms. The number of hydrogen-bond acceptors (Lipinski definition) is 5. The van der Waals surface area contributed by atoms with E-state index in [1.807, 2.05) is 24.4 Å². The number of nitrogens with one attached hydrogen (secondary N) is 1. The average molecular weight is 410 g/mol. The summed E-state index contributed by atoms with van der Waals surface area (Å²) in [6.07, 6.45) is 0. The highest BCUT2D eigenvalue weighted by Crippen LogP contribution is 2.25. The molecule has 1 aromatic carbocycles. The monoisotopic (exact) mass is 409 g/mol. The Hall–Kier alpha value is -1.77. The lowest BCUT2D eigenvalue weighted by Crippen LogP contribution is -2.42. The van der Waals surface area contributed by atoms with Crippen LogP contribution in [0.4, 0.5) is 5.13 Å². The molecule has 148 valence electrons. The van der Waals surface area contributed by atoms with Gasteiger partial charge >= 0.3 is 0 Å². The second-order valence-corrected chi connectivity index (χ2v) is 10.5. The first-order valence-corrected chi connectivity index (χ1v) is 11.1. The number of aryl methyl sites for hydroxylation is 1. The molecule has 6 nitrogen and oxygen atoms in total. The van der Waals surface area contributed by atoms with Gasteiger partial charge in [0.25, 0.3) is 0 Å². The molecule has 0 fully saturated rings. The summed E-state index contributed by atoms with van der Waals surface area (Å²) in [5, 5.41) is 4.95. The highest BCUT2D eigenvalue weighted by Gasteiger charge is 2.29. The Morgan fingerprint density at radius 3 is 2.26 bits per heavy atom. The van der Waals surface area contributed by atoms with E-state index in [1.54, 1.807) is 26.0 Å². The fourth-order valence-corrected chi connectivity index (χ4v) is 4.82. The molecule has 1 amide bonds. The topological polar surface area (TPSA) is 79.4 Å². The van der Waals surface area contributed by atoms with Gasteiger partial charge in [-0.1, -0.05) is 32.9 Å². The Morgan fingerprint density at radius 2 is 1.81 bits per heavy atom. The summed E-state index contributed by atoms with van der Waals surface area (Å²) in [4.78, 5) is 16.7. The first kappa shape index (κ1) is 21.5. The van der Waals surface area contributed by atoms with Crippen molar-refractivity contribution in [3.63, 3.8) is 0 Å². The van der Waals surface area contributed by atoms with Gasteiger partial charge < -0.3 is 5.32 Å². The summed E-state index contributed by atoms with van der Waals surface area (Å²) in [6, 6.07) is 6.50. The largest absolute Gasteiger partial charge is 0.301 e. The van der Waals surface area contributed by atoms with Gasteiger partial charge in [0.05, 0.1) is 17.1 Å². The molecule has 0 saturated heterocycles. The van der Waals surface area contributed by atoms with E-state index in [-0.39, 0.29) is 22.9 Å². The third kappa shape index (κ3) is 5.37. The molecule has 1 heterocycles. The standard InChI is InChI=1S/C19H27N3O3S2/c1-13(2)22(11-17(23)21-18-20-14(3)12-26-18)27(24,25)16-9-7-15(8-10-16)19(4,5)6/h7-10,12-13H,11H2,1-6H3,(H,20,21,23). The van der Waals surface area contributed by atoms with Crippen molar-refractivity contribution in [1.82, 2.24) is 9.29 Å². The Kier molecular flexibility index (Phi) is 6.44. The Bertz CT molecular complexity index is 895. The third-order valence-corrected chi connectivity index (χ3v) is 6.98. The van der Waals surface area contributed by atoms with Gasteiger partial charge in [-0.05, 0) is 43.9 Å². The molecule has 1 aromatic heterocycles. The van der Waals surface area contributed by atoms with Crippen molar-refractivity contribution in [2.45, 2.75) is 57.9 Å². The first-order chi connectivity index (χ1) is 12.4. The van der Waals surface area contributed by atoms with E-state index in [2.05, 4.69) is 31.1 Å². The van der Waals surface area contributed by atoms with Crippen molar-refractivity contribution < 1.29 is 13.2 Å². The van der Waals surface area contributed by atoms with Crippen LogP contribution in [-0.4, -0.2) is 36.2 Å². The van der Waals surface area contributed by atoms with Gasteiger partial charge in [0, 0.05) is 11.4 Å². The van der Waals surface area contributed by atoms with E-state index in [0.29, 0.717) is 5.13 Å². The third-order valence-electron chi connectivity index (χ3n) is 4.07. The lowest BCUT2D eigenvalue weighted by atomic mass is 9.87. The molecule has 0 radical (unpaired) electrons. The van der Waals surface area contributed by atoms with Crippen molar-refractivity contribution in [2.75, 3.05) is 11.9 Å². The summed E-state index contributed by atoms with van der Waals surface area (Å²) in [5.74, 6) is -0.409. The predicted molar refractivity (Wildman–Crippen MR) is 110 cm³/mol. The lowest BCUT2D eigenvalue weighted by Gasteiger charge is -2.26. The molecule has 1 N–H and O–H groups in total. The molecule has 0 atom stereocenters. The zero-order valence-electron chi connectivity index (χ0n) is 16.6. The van der Waals surface area contributed by atoms with Crippen molar-refractivity contribution in [3.8, 4) is 0 Å². The van der Waals surface area contributed by atoms with Gasteiger partial charge in [0.2, 0.25) is 15.9 Å². The zero-order chi connectivity index (χ0) is 20.4. The molecular formula is C19H27N3O3S2. The Morgan fingerprint density at radius 1 is 1.22 bits per heavy atom. The van der Waals surface area contributed by atoms with Gasteiger partial charge in [0.1, 0.15) is 0 Å². The fraction of sp³-hybridized carbons (Fsp3) is 0.474. The van der Waals surface area contributed by atoms with Crippen LogP contribution in [0.2, 0.25) is 0 Å². The maximum absolute atomic E-state index is 13.1. The summed E-state index contributed by atoms with van der Waals surface area (Å²) in [6.45, 7) is 11.3. The first-order valence-electron chi connectivity index (χ1n) is 8.75. The number of nitrogens with zero attached hydrogens (tertiary/aromatic N) is 2. The number of hydrogen-bond donors (Lipinski definition) is 1. The number of anilines is 1. The number of rotatable bonds is 6. The van der Waals surface area contributed by atoms with Crippen LogP contribution in [-0.2, 0) is 20.2 Å². The molecule has 0 aliphatic heterocycles. The Balaban J connectivity index is 2.22. The second-order valence-electron chi connectivity index (χ2n) is 7.76. The summed E-state index contributed by atoms with van der Waals surface area (Å²) >= 11 is 1.31. The van der Waals surface area contributed by atoms with Crippen LogP contribution in [0, 0.1) is 6.92 Å². The number of carbonyl (C=O) groups excluding carboxylic acids is 1. The molecule has 2 rings (SSSR count). The molecule has 0 unspecified atom stereocenters. The van der Waals surface area contributed by atoms with Crippen LogP contribution in [0.3, 0.4) is 0 Å². The van der Waals surface area contributed by atoms with Crippen molar-refractivity contribution in [2.24, 2.45) is 0 Å². The van der Waals surface area contributed by atoms with Crippen LogP contribution >= 0.6 is 11.3 Å². The zero-order valence-corrected chi connectivity index (χ0v) is 18.2.